The number of aromatic nitrogens is 1. The highest BCUT2D eigenvalue weighted by Crippen LogP contribution is 2.32. The molecule has 0 unspecified atom stereocenters. The minimum absolute atomic E-state index is 0. The summed E-state index contributed by atoms with van der Waals surface area (Å²) in [5.74, 6) is 0.0450. The normalized spacial score (nSPS) is 16.0. The van der Waals surface area contributed by atoms with Gasteiger partial charge in [-0.2, -0.15) is 4.31 Å². The molecule has 26 heavy (non-hydrogen) atoms. The summed E-state index contributed by atoms with van der Waals surface area (Å²) in [6.45, 7) is 6.33. The van der Waals surface area contributed by atoms with Gasteiger partial charge in [0.1, 0.15) is 0 Å². The van der Waals surface area contributed by atoms with Crippen LogP contribution in [0.3, 0.4) is 0 Å². The van der Waals surface area contributed by atoms with Crippen molar-refractivity contribution in [1.29, 1.82) is 0 Å². The van der Waals surface area contributed by atoms with Crippen LogP contribution in [-0.4, -0.2) is 43.9 Å². The zero-order valence-electron chi connectivity index (χ0n) is 14.8. The maximum absolute atomic E-state index is 13.4. The van der Waals surface area contributed by atoms with Crippen molar-refractivity contribution in [3.63, 3.8) is 0 Å². The highest BCUT2D eigenvalue weighted by atomic mass is 35.5. The Morgan fingerprint density at radius 1 is 1.04 bits per heavy atom. The molecule has 1 aliphatic heterocycles. The van der Waals surface area contributed by atoms with E-state index in [1.807, 2.05) is 13.8 Å². The Morgan fingerprint density at radius 2 is 1.77 bits per heavy atom. The molecule has 2 N–H and O–H groups in total. The van der Waals surface area contributed by atoms with Crippen LogP contribution >= 0.6 is 24.8 Å². The number of halogens is 2. The third-order valence-corrected chi connectivity index (χ3v) is 6.47. The first-order chi connectivity index (χ1) is 11.4. The highest BCUT2D eigenvalue weighted by molar-refractivity contribution is 7.89. The van der Waals surface area contributed by atoms with E-state index < -0.39 is 10.0 Å². The summed E-state index contributed by atoms with van der Waals surface area (Å²) in [5.41, 5.74) is 0.488. The van der Waals surface area contributed by atoms with E-state index in [4.69, 9.17) is 0 Å². The number of rotatable bonds is 3. The number of pyridine rings is 1. The minimum Gasteiger partial charge on any atom is -0.329 e. The number of H-pyrrole nitrogens is 1. The monoisotopic (exact) mass is 421 g/mol. The van der Waals surface area contributed by atoms with Crippen LogP contribution in [0.25, 0.3) is 10.8 Å². The van der Waals surface area contributed by atoms with Crippen LogP contribution in [0.2, 0.25) is 0 Å². The third kappa shape index (κ3) is 4.23. The summed E-state index contributed by atoms with van der Waals surface area (Å²) < 4.78 is 28.3. The van der Waals surface area contributed by atoms with Gasteiger partial charge in [0, 0.05) is 36.6 Å². The molecule has 1 aliphatic rings. The highest BCUT2D eigenvalue weighted by Gasteiger charge is 2.30. The smallest absolute Gasteiger partial charge is 0.255 e. The van der Waals surface area contributed by atoms with E-state index >= 15 is 0 Å². The molecule has 0 aliphatic carbocycles. The molecule has 9 heteroatoms. The quantitative estimate of drug-likeness (QED) is 0.796. The molecule has 0 spiro atoms. The summed E-state index contributed by atoms with van der Waals surface area (Å²) in [4.78, 5) is 15.0. The fourth-order valence-corrected chi connectivity index (χ4v) is 5.21. The lowest BCUT2D eigenvalue weighted by Crippen LogP contribution is -2.35. The van der Waals surface area contributed by atoms with Crippen molar-refractivity contribution in [1.82, 2.24) is 14.6 Å². The Hall–Kier alpha value is -1.12. The number of sulfonamides is 1. The van der Waals surface area contributed by atoms with Crippen LogP contribution in [-0.2, 0) is 10.0 Å². The summed E-state index contributed by atoms with van der Waals surface area (Å²) >= 11 is 0. The zero-order valence-corrected chi connectivity index (χ0v) is 17.3. The third-order valence-electron chi connectivity index (χ3n) is 4.45. The molecule has 0 atom stereocenters. The summed E-state index contributed by atoms with van der Waals surface area (Å²) in [5, 5.41) is 4.14. The molecule has 146 valence electrons. The SMILES string of the molecule is CC(C)c1ccc2c(=O)[nH]ccc2c1S(=O)(=O)N1CCCNCC1.Cl.Cl. The summed E-state index contributed by atoms with van der Waals surface area (Å²) in [6.07, 6.45) is 2.29. The molecule has 0 saturated carbocycles. The van der Waals surface area contributed by atoms with E-state index in [9.17, 15) is 13.2 Å². The lowest BCUT2D eigenvalue weighted by molar-refractivity contribution is 0.431. The van der Waals surface area contributed by atoms with Gasteiger partial charge >= 0.3 is 0 Å². The first-order valence-corrected chi connectivity index (χ1v) is 9.72. The Bertz CT molecular complexity index is 905. The number of benzene rings is 1. The largest absolute Gasteiger partial charge is 0.329 e. The number of aromatic amines is 1. The van der Waals surface area contributed by atoms with Gasteiger partial charge in [0.2, 0.25) is 10.0 Å². The molecule has 0 amide bonds. The average Bonchev–Trinajstić information content (AvgIpc) is 2.83. The molecule has 1 aromatic carbocycles. The minimum atomic E-state index is -3.66. The summed E-state index contributed by atoms with van der Waals surface area (Å²) in [7, 11) is -3.66. The van der Waals surface area contributed by atoms with E-state index in [1.165, 1.54) is 10.5 Å². The maximum Gasteiger partial charge on any atom is 0.255 e. The van der Waals surface area contributed by atoms with Crippen molar-refractivity contribution in [2.75, 3.05) is 26.2 Å². The predicted molar refractivity (Wildman–Crippen MR) is 109 cm³/mol. The lowest BCUT2D eigenvalue weighted by Gasteiger charge is -2.23. The van der Waals surface area contributed by atoms with Crippen LogP contribution in [0.1, 0.15) is 31.7 Å². The van der Waals surface area contributed by atoms with E-state index in [0.29, 0.717) is 30.4 Å². The average molecular weight is 422 g/mol. The fourth-order valence-electron chi connectivity index (χ4n) is 3.19. The molecular formula is C17H25Cl2N3O3S. The van der Waals surface area contributed by atoms with Gasteiger partial charge in [-0.15, -0.1) is 24.8 Å². The topological polar surface area (TPSA) is 82.3 Å². The van der Waals surface area contributed by atoms with Crippen molar-refractivity contribution in [3.8, 4) is 0 Å². The number of nitrogens with one attached hydrogen (secondary N) is 2. The first kappa shape index (κ1) is 22.9. The number of hydrogen-bond donors (Lipinski definition) is 2. The number of fused-ring (bicyclic) bond motifs is 1. The molecule has 1 fully saturated rings. The van der Waals surface area contributed by atoms with Crippen molar-refractivity contribution >= 4 is 45.6 Å². The predicted octanol–water partition coefficient (Wildman–Crippen LogP) is 2.48. The summed E-state index contributed by atoms with van der Waals surface area (Å²) in [6, 6.07) is 5.17. The molecular weight excluding hydrogens is 397 g/mol. The van der Waals surface area contributed by atoms with Gasteiger partial charge < -0.3 is 10.3 Å². The van der Waals surface area contributed by atoms with E-state index in [1.54, 1.807) is 18.2 Å². The van der Waals surface area contributed by atoms with Gasteiger partial charge in [-0.25, -0.2) is 8.42 Å². The second-order valence-corrected chi connectivity index (χ2v) is 8.29. The second-order valence-electron chi connectivity index (χ2n) is 6.41. The number of hydrogen-bond acceptors (Lipinski definition) is 4. The molecule has 6 nitrogen and oxygen atoms in total. The maximum atomic E-state index is 13.4. The molecule has 0 radical (unpaired) electrons. The first-order valence-electron chi connectivity index (χ1n) is 8.28. The van der Waals surface area contributed by atoms with Crippen molar-refractivity contribution in [3.05, 3.63) is 40.3 Å². The molecule has 1 saturated heterocycles. The van der Waals surface area contributed by atoms with Gasteiger partial charge in [-0.1, -0.05) is 19.9 Å². The van der Waals surface area contributed by atoms with Crippen LogP contribution in [0, 0.1) is 0 Å². The second kappa shape index (κ2) is 9.19. The molecule has 2 heterocycles. The molecule has 3 rings (SSSR count). The van der Waals surface area contributed by atoms with E-state index in [-0.39, 0.29) is 41.2 Å². The van der Waals surface area contributed by atoms with Crippen LogP contribution in [0.5, 0.6) is 0 Å². The van der Waals surface area contributed by atoms with Crippen LogP contribution < -0.4 is 10.9 Å². The number of nitrogens with zero attached hydrogens (tertiary/aromatic N) is 1. The van der Waals surface area contributed by atoms with Crippen molar-refractivity contribution in [2.45, 2.75) is 31.1 Å². The van der Waals surface area contributed by atoms with Gasteiger partial charge in [0.05, 0.1) is 4.90 Å². The molecule has 0 bridgehead atoms. The van der Waals surface area contributed by atoms with Crippen LogP contribution in [0.4, 0.5) is 0 Å². The van der Waals surface area contributed by atoms with Crippen molar-refractivity contribution in [2.24, 2.45) is 0 Å². The van der Waals surface area contributed by atoms with Gasteiger partial charge in [0.15, 0.2) is 0 Å². The Morgan fingerprint density at radius 3 is 2.46 bits per heavy atom. The lowest BCUT2D eigenvalue weighted by atomic mass is 10.00. The Kier molecular flexibility index (Phi) is 8.10. The standard InChI is InChI=1S/C17H23N3O3S.2ClH/c1-12(2)13-4-5-15-14(6-8-19-17(15)21)16(13)24(22,23)20-10-3-7-18-9-11-20;;/h4-6,8,12,18H,3,7,9-11H2,1-2H3,(H,19,21);2*1H. The molecule has 1 aromatic heterocycles. The zero-order chi connectivity index (χ0) is 17.3. The fraction of sp³-hybridized carbons (Fsp3) is 0.471. The van der Waals surface area contributed by atoms with E-state index in [0.717, 1.165) is 18.5 Å². The van der Waals surface area contributed by atoms with Crippen LogP contribution in [0.15, 0.2) is 34.1 Å². The van der Waals surface area contributed by atoms with Gasteiger partial charge in [-0.3, -0.25) is 4.79 Å². The Balaban J connectivity index is 0.00000169. The molecule has 2 aromatic rings. The van der Waals surface area contributed by atoms with E-state index in [2.05, 4.69) is 10.3 Å². The van der Waals surface area contributed by atoms with Crippen molar-refractivity contribution < 1.29 is 8.42 Å². The van der Waals surface area contributed by atoms with Gasteiger partial charge in [-0.05, 0) is 36.6 Å². The van der Waals surface area contributed by atoms with Gasteiger partial charge in [0.25, 0.3) is 5.56 Å². The Labute approximate surface area is 166 Å².